The minimum Gasteiger partial charge on any atom is -0.348 e. The van der Waals surface area contributed by atoms with Gasteiger partial charge in [0, 0.05) is 41.6 Å². The molecule has 122 valence electrons. The number of nitrogens with zero attached hydrogens (tertiary/aromatic N) is 4. The lowest BCUT2D eigenvalue weighted by Crippen LogP contribution is -2.12. The van der Waals surface area contributed by atoms with Crippen molar-refractivity contribution in [2.75, 3.05) is 5.32 Å². The average Bonchev–Trinajstić information content (AvgIpc) is 3.36. The molecule has 8 heteroatoms. The highest BCUT2D eigenvalue weighted by Crippen LogP contribution is 2.28. The van der Waals surface area contributed by atoms with Gasteiger partial charge in [-0.05, 0) is 17.7 Å². The van der Waals surface area contributed by atoms with Crippen LogP contribution in [0.25, 0.3) is 16.9 Å². The molecule has 1 aliphatic rings. The van der Waals surface area contributed by atoms with Crippen LogP contribution in [0.4, 0.5) is 10.9 Å². The number of carbonyl (C=O) groups is 1. The van der Waals surface area contributed by atoms with Crippen molar-refractivity contribution in [3.05, 3.63) is 59.5 Å². The number of amides is 1. The van der Waals surface area contributed by atoms with Crippen LogP contribution in [-0.4, -0.2) is 25.3 Å². The smallest absolute Gasteiger partial charge is 0.251 e. The predicted molar refractivity (Wildman–Crippen MR) is 95.0 cm³/mol. The molecule has 0 unspecified atom stereocenters. The highest BCUT2D eigenvalue weighted by atomic mass is 32.1. The van der Waals surface area contributed by atoms with Crippen LogP contribution < -0.4 is 10.6 Å². The second-order valence-electron chi connectivity index (χ2n) is 5.63. The van der Waals surface area contributed by atoms with E-state index in [9.17, 15) is 4.79 Å². The van der Waals surface area contributed by atoms with Gasteiger partial charge in [0.1, 0.15) is 0 Å². The Balaban J connectivity index is 1.61. The summed E-state index contributed by atoms with van der Waals surface area (Å²) in [6, 6.07) is 5.82. The maximum atomic E-state index is 11.7. The van der Waals surface area contributed by atoms with E-state index in [4.69, 9.17) is 0 Å². The molecule has 5 rings (SSSR count). The molecule has 25 heavy (non-hydrogen) atoms. The molecule has 0 radical (unpaired) electrons. The van der Waals surface area contributed by atoms with E-state index in [1.54, 1.807) is 18.6 Å². The quantitative estimate of drug-likeness (QED) is 0.595. The molecular weight excluding hydrogens is 336 g/mol. The van der Waals surface area contributed by atoms with Gasteiger partial charge >= 0.3 is 0 Å². The molecule has 7 nitrogen and oxygen atoms in total. The normalized spacial score (nSPS) is 13.0. The number of aromatic nitrogens is 4. The first-order valence-corrected chi connectivity index (χ1v) is 8.57. The molecule has 2 N–H and O–H groups in total. The zero-order valence-corrected chi connectivity index (χ0v) is 13.7. The van der Waals surface area contributed by atoms with Crippen LogP contribution in [0.5, 0.6) is 0 Å². The average molecular weight is 348 g/mol. The summed E-state index contributed by atoms with van der Waals surface area (Å²) >= 11 is 1.51. The largest absolute Gasteiger partial charge is 0.348 e. The van der Waals surface area contributed by atoms with Crippen molar-refractivity contribution in [2.45, 2.75) is 6.54 Å². The number of fused-ring (bicyclic) bond motifs is 2. The number of nitrogens with one attached hydrogen (secondary N) is 2. The van der Waals surface area contributed by atoms with Gasteiger partial charge < -0.3 is 10.6 Å². The van der Waals surface area contributed by atoms with Crippen molar-refractivity contribution in [2.24, 2.45) is 0 Å². The fraction of sp³-hybridized carbons (Fsp3) is 0.0588. The Morgan fingerprint density at radius 2 is 2.16 bits per heavy atom. The standard InChI is InChI=1S/C17H12N6OS/c24-16-12-2-1-10(7-11(12)8-21-16)13-9-20-14(15-18-3-5-23(13)15)22-17-19-4-6-25-17/h1-7,9H,8H2,(H,21,24)(H,19,20,22). The van der Waals surface area contributed by atoms with E-state index in [1.165, 1.54) is 11.3 Å². The highest BCUT2D eigenvalue weighted by molar-refractivity contribution is 7.13. The van der Waals surface area contributed by atoms with E-state index in [-0.39, 0.29) is 5.91 Å². The van der Waals surface area contributed by atoms with Gasteiger partial charge in [0.15, 0.2) is 16.6 Å². The zero-order valence-electron chi connectivity index (χ0n) is 12.9. The lowest BCUT2D eigenvalue weighted by atomic mass is 10.0. The summed E-state index contributed by atoms with van der Waals surface area (Å²) in [6.45, 7) is 0.562. The molecule has 0 fully saturated rings. The molecule has 0 spiro atoms. The van der Waals surface area contributed by atoms with Crippen molar-refractivity contribution in [1.29, 1.82) is 0 Å². The molecule has 4 aromatic rings. The monoisotopic (exact) mass is 348 g/mol. The SMILES string of the molecule is O=C1NCc2cc(-c3cnc(Nc4nccs4)c4nccn34)ccc21. The van der Waals surface area contributed by atoms with Crippen LogP contribution in [0, 0.1) is 0 Å². The first kappa shape index (κ1) is 14.1. The Kier molecular flexibility index (Phi) is 3.04. The molecule has 1 aliphatic heterocycles. The lowest BCUT2D eigenvalue weighted by Gasteiger charge is -2.10. The van der Waals surface area contributed by atoms with Gasteiger partial charge in [-0.1, -0.05) is 6.07 Å². The summed E-state index contributed by atoms with van der Waals surface area (Å²) in [5, 5.41) is 8.71. The van der Waals surface area contributed by atoms with Crippen LogP contribution in [0.2, 0.25) is 0 Å². The van der Waals surface area contributed by atoms with Crippen LogP contribution in [0.1, 0.15) is 15.9 Å². The van der Waals surface area contributed by atoms with Gasteiger partial charge in [0.2, 0.25) is 0 Å². The fourth-order valence-corrected chi connectivity index (χ4v) is 3.53. The number of hydrogen-bond acceptors (Lipinski definition) is 6. The number of anilines is 2. The summed E-state index contributed by atoms with van der Waals surface area (Å²) in [6.07, 6.45) is 7.18. The Labute approximate surface area is 146 Å². The number of rotatable bonds is 3. The van der Waals surface area contributed by atoms with Gasteiger partial charge in [0.05, 0.1) is 11.9 Å². The van der Waals surface area contributed by atoms with E-state index in [0.717, 1.165) is 33.2 Å². The first-order chi connectivity index (χ1) is 12.3. The maximum absolute atomic E-state index is 11.7. The predicted octanol–water partition coefficient (Wildman–Crippen LogP) is 2.84. The van der Waals surface area contributed by atoms with Gasteiger partial charge in [-0.25, -0.2) is 15.0 Å². The van der Waals surface area contributed by atoms with Crippen molar-refractivity contribution in [3.63, 3.8) is 0 Å². The summed E-state index contributed by atoms with van der Waals surface area (Å²) < 4.78 is 1.98. The van der Waals surface area contributed by atoms with Crippen molar-refractivity contribution in [3.8, 4) is 11.3 Å². The van der Waals surface area contributed by atoms with E-state index in [1.807, 2.05) is 34.2 Å². The molecule has 0 saturated carbocycles. The van der Waals surface area contributed by atoms with E-state index >= 15 is 0 Å². The van der Waals surface area contributed by atoms with Gasteiger partial charge in [-0.2, -0.15) is 0 Å². The summed E-state index contributed by atoms with van der Waals surface area (Å²) in [4.78, 5) is 24.9. The van der Waals surface area contributed by atoms with Crippen LogP contribution >= 0.6 is 11.3 Å². The molecular formula is C17H12N6OS. The molecule has 0 aliphatic carbocycles. The Bertz CT molecular complexity index is 1100. The minimum absolute atomic E-state index is 0.0181. The van der Waals surface area contributed by atoms with Gasteiger partial charge in [0.25, 0.3) is 5.91 Å². The van der Waals surface area contributed by atoms with E-state index in [2.05, 4.69) is 25.6 Å². The molecule has 4 heterocycles. The summed E-state index contributed by atoms with van der Waals surface area (Å²) in [5.41, 5.74) is 4.37. The molecule has 3 aromatic heterocycles. The zero-order chi connectivity index (χ0) is 16.8. The highest BCUT2D eigenvalue weighted by Gasteiger charge is 2.20. The first-order valence-electron chi connectivity index (χ1n) is 7.70. The van der Waals surface area contributed by atoms with Crippen molar-refractivity contribution >= 4 is 33.8 Å². The van der Waals surface area contributed by atoms with E-state index < -0.39 is 0 Å². The maximum Gasteiger partial charge on any atom is 0.251 e. The second-order valence-corrected chi connectivity index (χ2v) is 6.52. The third-order valence-corrected chi connectivity index (χ3v) is 4.86. The topological polar surface area (TPSA) is 84.2 Å². The van der Waals surface area contributed by atoms with Crippen molar-refractivity contribution < 1.29 is 4.79 Å². The van der Waals surface area contributed by atoms with Crippen LogP contribution in [0.3, 0.4) is 0 Å². The molecule has 1 aromatic carbocycles. The molecule has 0 atom stereocenters. The van der Waals surface area contributed by atoms with Gasteiger partial charge in [-0.15, -0.1) is 11.3 Å². The number of benzene rings is 1. The van der Waals surface area contributed by atoms with Crippen LogP contribution in [-0.2, 0) is 6.54 Å². The number of thiazole rings is 1. The number of imidazole rings is 1. The summed E-state index contributed by atoms with van der Waals surface area (Å²) in [7, 11) is 0. The minimum atomic E-state index is -0.0181. The number of carbonyl (C=O) groups excluding carboxylic acids is 1. The molecule has 1 amide bonds. The van der Waals surface area contributed by atoms with Gasteiger partial charge in [-0.3, -0.25) is 9.20 Å². The molecule has 0 saturated heterocycles. The lowest BCUT2D eigenvalue weighted by molar-refractivity contribution is 0.0966. The number of hydrogen-bond donors (Lipinski definition) is 2. The molecule has 0 bridgehead atoms. The van der Waals surface area contributed by atoms with Crippen molar-refractivity contribution in [1.82, 2.24) is 24.7 Å². The Morgan fingerprint density at radius 3 is 3.04 bits per heavy atom. The third-order valence-electron chi connectivity index (χ3n) is 4.17. The Hall–Kier alpha value is -3.26. The summed E-state index contributed by atoms with van der Waals surface area (Å²) in [5.74, 6) is 0.636. The third kappa shape index (κ3) is 2.26. The van der Waals surface area contributed by atoms with E-state index in [0.29, 0.717) is 12.4 Å². The fourth-order valence-electron chi connectivity index (χ4n) is 3.00. The Morgan fingerprint density at radius 1 is 1.20 bits per heavy atom. The van der Waals surface area contributed by atoms with Crippen LogP contribution in [0.15, 0.2) is 48.4 Å². The second kappa shape index (κ2) is 5.38.